The molecule has 0 fully saturated rings. The number of likely N-dealkylation sites (N-methyl/N-ethyl adjacent to an activating group) is 1. The number of hydrogen-bond donors (Lipinski definition) is 2. The molecule has 7 heteroatoms. The number of amides is 1. The molecule has 0 radical (unpaired) electrons. The summed E-state index contributed by atoms with van der Waals surface area (Å²) in [6.45, 7) is 0.273. The molecule has 0 bridgehead atoms. The van der Waals surface area contributed by atoms with Crippen molar-refractivity contribution in [1.29, 1.82) is 0 Å². The average molecular weight is 292 g/mol. The third-order valence-corrected chi connectivity index (χ3v) is 2.80. The summed E-state index contributed by atoms with van der Waals surface area (Å²) in [4.78, 5) is 19.8. The highest BCUT2D eigenvalue weighted by Crippen LogP contribution is 2.21. The molecule has 1 aromatic carbocycles. The molecule has 2 aromatic rings. The van der Waals surface area contributed by atoms with Crippen LogP contribution in [0.5, 0.6) is 5.75 Å². The third-order valence-electron chi connectivity index (χ3n) is 2.80. The van der Waals surface area contributed by atoms with Gasteiger partial charge in [0.15, 0.2) is 6.61 Å². The van der Waals surface area contributed by atoms with E-state index in [-0.39, 0.29) is 12.5 Å². The molecule has 6 nitrogen and oxygen atoms in total. The Morgan fingerprint density at radius 3 is 2.90 bits per heavy atom. The van der Waals surface area contributed by atoms with Crippen LogP contribution >= 0.6 is 0 Å². The Balaban J connectivity index is 1.92. The number of benzene rings is 1. The highest BCUT2D eigenvalue weighted by molar-refractivity contribution is 5.77. The standard InChI is InChI=1S/C14H17FN4O2/c1-19(2)14(20)9-21-10-3-4-12(11(15)7-10)18-8-13-16-5-6-17-13/h3-7,18H,8-9H2,1-2H3,(H,16,17). The zero-order chi connectivity index (χ0) is 15.2. The third kappa shape index (κ3) is 4.20. The summed E-state index contributed by atoms with van der Waals surface area (Å²) in [6.07, 6.45) is 3.33. The number of nitrogens with one attached hydrogen (secondary N) is 2. The van der Waals surface area contributed by atoms with Gasteiger partial charge in [-0.3, -0.25) is 4.79 Å². The Hall–Kier alpha value is -2.57. The SMILES string of the molecule is CN(C)C(=O)COc1ccc(NCc2ncc[nH]2)c(F)c1. The topological polar surface area (TPSA) is 70.2 Å². The molecule has 1 heterocycles. The van der Waals surface area contributed by atoms with Gasteiger partial charge in [0, 0.05) is 32.6 Å². The predicted octanol–water partition coefficient (Wildman–Crippen LogP) is 1.63. The van der Waals surface area contributed by atoms with E-state index in [1.807, 2.05) is 0 Å². The number of aromatic amines is 1. The van der Waals surface area contributed by atoms with Crippen molar-refractivity contribution in [2.75, 3.05) is 26.0 Å². The van der Waals surface area contributed by atoms with Crippen molar-refractivity contribution >= 4 is 11.6 Å². The first-order chi connectivity index (χ1) is 10.1. The van der Waals surface area contributed by atoms with Crippen molar-refractivity contribution in [2.45, 2.75) is 6.54 Å². The van der Waals surface area contributed by atoms with Gasteiger partial charge in [0.25, 0.3) is 5.91 Å². The maximum Gasteiger partial charge on any atom is 0.259 e. The Kier molecular flexibility index (Phi) is 4.76. The second-order valence-corrected chi connectivity index (χ2v) is 4.61. The van der Waals surface area contributed by atoms with Gasteiger partial charge in [0.05, 0.1) is 12.2 Å². The lowest BCUT2D eigenvalue weighted by Gasteiger charge is -2.12. The lowest BCUT2D eigenvalue weighted by atomic mass is 10.3. The van der Waals surface area contributed by atoms with Gasteiger partial charge in [-0.2, -0.15) is 0 Å². The molecule has 2 rings (SSSR count). The number of ether oxygens (including phenoxy) is 1. The quantitative estimate of drug-likeness (QED) is 0.849. The van der Waals surface area contributed by atoms with E-state index in [1.54, 1.807) is 38.6 Å². The number of aromatic nitrogens is 2. The van der Waals surface area contributed by atoms with Gasteiger partial charge in [-0.15, -0.1) is 0 Å². The van der Waals surface area contributed by atoms with Crippen molar-refractivity contribution in [3.05, 3.63) is 42.2 Å². The van der Waals surface area contributed by atoms with Crippen molar-refractivity contribution in [3.8, 4) is 5.75 Å². The number of halogens is 1. The maximum atomic E-state index is 13.9. The van der Waals surface area contributed by atoms with Crippen molar-refractivity contribution in [1.82, 2.24) is 14.9 Å². The highest BCUT2D eigenvalue weighted by Gasteiger charge is 2.08. The molecule has 0 unspecified atom stereocenters. The first kappa shape index (κ1) is 14.8. The summed E-state index contributed by atoms with van der Waals surface area (Å²) in [5.41, 5.74) is 0.345. The molecule has 0 saturated heterocycles. The van der Waals surface area contributed by atoms with E-state index in [9.17, 15) is 9.18 Å². The highest BCUT2D eigenvalue weighted by atomic mass is 19.1. The number of nitrogens with zero attached hydrogens (tertiary/aromatic N) is 2. The van der Waals surface area contributed by atoms with E-state index in [1.165, 1.54) is 11.0 Å². The Labute approximate surface area is 121 Å². The Morgan fingerprint density at radius 2 is 2.29 bits per heavy atom. The monoisotopic (exact) mass is 292 g/mol. The van der Waals surface area contributed by atoms with Crippen LogP contribution in [0, 0.1) is 5.82 Å². The molecule has 0 saturated carbocycles. The molecular weight excluding hydrogens is 275 g/mol. The second kappa shape index (κ2) is 6.74. The molecule has 0 atom stereocenters. The molecule has 0 spiro atoms. The fourth-order valence-corrected chi connectivity index (χ4v) is 1.58. The van der Waals surface area contributed by atoms with Gasteiger partial charge in [-0.1, -0.05) is 0 Å². The van der Waals surface area contributed by atoms with Crippen LogP contribution in [-0.4, -0.2) is 41.5 Å². The van der Waals surface area contributed by atoms with Crippen LogP contribution in [0.2, 0.25) is 0 Å². The molecule has 112 valence electrons. The largest absolute Gasteiger partial charge is 0.484 e. The summed E-state index contributed by atoms with van der Waals surface area (Å²) >= 11 is 0. The number of carbonyl (C=O) groups excluding carboxylic acids is 1. The normalized spacial score (nSPS) is 10.2. The Morgan fingerprint density at radius 1 is 1.48 bits per heavy atom. The van der Waals surface area contributed by atoms with E-state index < -0.39 is 5.82 Å². The number of anilines is 1. The molecule has 0 aliphatic rings. The van der Waals surface area contributed by atoms with Gasteiger partial charge < -0.3 is 19.9 Å². The van der Waals surface area contributed by atoms with Gasteiger partial charge in [0.2, 0.25) is 0 Å². The molecule has 0 aliphatic carbocycles. The summed E-state index contributed by atoms with van der Waals surface area (Å²) < 4.78 is 19.1. The minimum absolute atomic E-state index is 0.119. The fourth-order valence-electron chi connectivity index (χ4n) is 1.58. The zero-order valence-corrected chi connectivity index (χ0v) is 11.9. The van der Waals surface area contributed by atoms with Crippen LogP contribution in [0.15, 0.2) is 30.6 Å². The fraction of sp³-hybridized carbons (Fsp3) is 0.286. The van der Waals surface area contributed by atoms with Crippen LogP contribution in [0.25, 0.3) is 0 Å². The number of rotatable bonds is 6. The maximum absolute atomic E-state index is 13.9. The van der Waals surface area contributed by atoms with E-state index >= 15 is 0 Å². The molecule has 21 heavy (non-hydrogen) atoms. The summed E-state index contributed by atoms with van der Waals surface area (Å²) in [7, 11) is 3.27. The van der Waals surface area contributed by atoms with E-state index in [0.717, 1.165) is 0 Å². The molecule has 1 aromatic heterocycles. The minimum Gasteiger partial charge on any atom is -0.484 e. The van der Waals surface area contributed by atoms with Crippen molar-refractivity contribution in [2.24, 2.45) is 0 Å². The number of hydrogen-bond acceptors (Lipinski definition) is 4. The summed E-state index contributed by atoms with van der Waals surface area (Å²) in [5, 5.41) is 2.93. The predicted molar refractivity (Wildman–Crippen MR) is 76.5 cm³/mol. The average Bonchev–Trinajstić information content (AvgIpc) is 2.96. The van der Waals surface area contributed by atoms with Crippen LogP contribution in [0.4, 0.5) is 10.1 Å². The van der Waals surface area contributed by atoms with Crippen LogP contribution in [0.3, 0.4) is 0 Å². The smallest absolute Gasteiger partial charge is 0.259 e. The van der Waals surface area contributed by atoms with Gasteiger partial charge >= 0.3 is 0 Å². The molecule has 0 aliphatic heterocycles. The zero-order valence-electron chi connectivity index (χ0n) is 11.9. The molecule has 2 N–H and O–H groups in total. The van der Waals surface area contributed by atoms with Gasteiger partial charge in [-0.05, 0) is 12.1 Å². The van der Waals surface area contributed by atoms with Crippen LogP contribution < -0.4 is 10.1 Å². The van der Waals surface area contributed by atoms with Crippen LogP contribution in [0.1, 0.15) is 5.82 Å². The number of imidazole rings is 1. The second-order valence-electron chi connectivity index (χ2n) is 4.61. The van der Waals surface area contributed by atoms with E-state index in [0.29, 0.717) is 23.8 Å². The molecule has 1 amide bonds. The first-order valence-electron chi connectivity index (χ1n) is 6.41. The minimum atomic E-state index is -0.448. The lowest BCUT2D eigenvalue weighted by molar-refractivity contribution is -0.130. The van der Waals surface area contributed by atoms with Crippen LogP contribution in [-0.2, 0) is 11.3 Å². The first-order valence-corrected chi connectivity index (χ1v) is 6.41. The number of carbonyl (C=O) groups is 1. The molecular formula is C14H17FN4O2. The van der Waals surface area contributed by atoms with Gasteiger partial charge in [0.1, 0.15) is 17.4 Å². The van der Waals surface area contributed by atoms with E-state index in [4.69, 9.17) is 4.74 Å². The summed E-state index contributed by atoms with van der Waals surface area (Å²) in [6, 6.07) is 4.41. The van der Waals surface area contributed by atoms with Crippen molar-refractivity contribution < 1.29 is 13.9 Å². The summed E-state index contributed by atoms with van der Waals surface area (Å²) in [5.74, 6) is 0.393. The Bertz CT molecular complexity index is 599. The van der Waals surface area contributed by atoms with Crippen molar-refractivity contribution in [3.63, 3.8) is 0 Å². The number of H-pyrrole nitrogens is 1. The lowest BCUT2D eigenvalue weighted by Crippen LogP contribution is -2.27. The van der Waals surface area contributed by atoms with Gasteiger partial charge in [-0.25, -0.2) is 9.37 Å². The van der Waals surface area contributed by atoms with E-state index in [2.05, 4.69) is 15.3 Å².